The molecule has 0 radical (unpaired) electrons. The fourth-order valence-electron chi connectivity index (χ4n) is 2.08. The lowest BCUT2D eigenvalue weighted by Gasteiger charge is -2.10. The Labute approximate surface area is 158 Å². The third-order valence-corrected chi connectivity index (χ3v) is 3.80. The first-order valence-corrected chi connectivity index (χ1v) is 8.35. The van der Waals surface area contributed by atoms with Gasteiger partial charge in [-0.25, -0.2) is 5.43 Å². The van der Waals surface area contributed by atoms with Gasteiger partial charge in [0.05, 0.1) is 12.8 Å². The van der Waals surface area contributed by atoms with Gasteiger partial charge < -0.3 is 9.47 Å². The first kappa shape index (κ1) is 19.4. The maximum Gasteiger partial charge on any atom is 0.271 e. The molecule has 0 fully saturated rings. The van der Waals surface area contributed by atoms with Crippen LogP contribution in [0.25, 0.3) is 0 Å². The van der Waals surface area contributed by atoms with Crippen molar-refractivity contribution in [1.82, 2.24) is 5.43 Å². The van der Waals surface area contributed by atoms with Crippen molar-refractivity contribution >= 4 is 23.7 Å². The highest BCUT2D eigenvalue weighted by Crippen LogP contribution is 2.28. The van der Waals surface area contributed by atoms with Crippen LogP contribution in [0.2, 0.25) is 5.02 Å². The van der Waals surface area contributed by atoms with E-state index in [0.29, 0.717) is 28.7 Å². The first-order valence-electron chi connectivity index (χ1n) is 7.97. The number of ether oxygens (including phenoxy) is 2. The highest BCUT2D eigenvalue weighted by atomic mass is 35.5. The number of benzene rings is 2. The summed E-state index contributed by atoms with van der Waals surface area (Å²) in [5.41, 5.74) is 4.55. The number of nitrogens with zero attached hydrogens (tertiary/aromatic N) is 1. The van der Waals surface area contributed by atoms with Crippen molar-refractivity contribution in [3.8, 4) is 23.8 Å². The topological polar surface area (TPSA) is 59.9 Å². The van der Waals surface area contributed by atoms with Crippen LogP contribution in [0.1, 0.15) is 28.4 Å². The van der Waals surface area contributed by atoms with Gasteiger partial charge >= 0.3 is 0 Å². The van der Waals surface area contributed by atoms with Gasteiger partial charge in [-0.1, -0.05) is 23.6 Å². The molecule has 0 unspecified atom stereocenters. The van der Waals surface area contributed by atoms with Crippen LogP contribution in [0.3, 0.4) is 0 Å². The minimum atomic E-state index is -0.345. The van der Waals surface area contributed by atoms with Gasteiger partial charge in [0.25, 0.3) is 5.91 Å². The molecule has 0 aromatic heterocycles. The van der Waals surface area contributed by atoms with Crippen LogP contribution < -0.4 is 14.9 Å². The van der Waals surface area contributed by atoms with Crippen LogP contribution in [0.5, 0.6) is 11.5 Å². The molecule has 5 nitrogen and oxygen atoms in total. The second-order valence-corrected chi connectivity index (χ2v) is 5.70. The van der Waals surface area contributed by atoms with Gasteiger partial charge in [-0.2, -0.15) is 5.10 Å². The van der Waals surface area contributed by atoms with E-state index in [2.05, 4.69) is 16.4 Å². The van der Waals surface area contributed by atoms with E-state index in [1.807, 2.05) is 13.8 Å². The van der Waals surface area contributed by atoms with Crippen molar-refractivity contribution in [2.24, 2.45) is 5.10 Å². The summed E-state index contributed by atoms with van der Waals surface area (Å²) in [5, 5.41) is 4.50. The van der Waals surface area contributed by atoms with Crippen molar-refractivity contribution in [3.63, 3.8) is 0 Å². The van der Waals surface area contributed by atoms with Crippen LogP contribution >= 0.6 is 11.6 Å². The van der Waals surface area contributed by atoms with E-state index in [-0.39, 0.29) is 12.5 Å². The molecule has 2 aromatic carbocycles. The molecule has 0 spiro atoms. The Morgan fingerprint density at radius 3 is 2.77 bits per heavy atom. The van der Waals surface area contributed by atoms with Gasteiger partial charge in [0, 0.05) is 10.6 Å². The number of aryl methyl sites for hydroxylation is 1. The number of carbonyl (C=O) groups is 1. The van der Waals surface area contributed by atoms with E-state index in [0.717, 1.165) is 11.1 Å². The molecule has 1 amide bonds. The molecule has 134 valence electrons. The molecule has 6 heteroatoms. The highest BCUT2D eigenvalue weighted by Gasteiger charge is 2.07. The van der Waals surface area contributed by atoms with E-state index in [1.165, 1.54) is 6.21 Å². The molecule has 1 N–H and O–H groups in total. The number of amides is 1. The zero-order chi connectivity index (χ0) is 18.9. The Kier molecular flexibility index (Phi) is 7.07. The maximum atomic E-state index is 12.1. The van der Waals surface area contributed by atoms with Crippen LogP contribution in [0.4, 0.5) is 0 Å². The Hall–Kier alpha value is -2.97. The predicted molar refractivity (Wildman–Crippen MR) is 103 cm³/mol. The lowest BCUT2D eigenvalue weighted by atomic mass is 10.1. The van der Waals surface area contributed by atoms with Gasteiger partial charge in [0.15, 0.2) is 11.5 Å². The van der Waals surface area contributed by atoms with E-state index in [9.17, 15) is 4.79 Å². The standard InChI is InChI=1S/C20H19ClN2O3/c1-4-10-26-18-9-7-15(11-19(18)25-5-2)13-22-23-20(24)16-8-6-14(3)17(21)12-16/h1,6-9,11-13H,5,10H2,2-3H3,(H,23,24)/b22-13-. The van der Waals surface area contributed by atoms with Crippen LogP contribution in [-0.2, 0) is 0 Å². The molecule has 2 aromatic rings. The van der Waals surface area contributed by atoms with Gasteiger partial charge in [-0.05, 0) is 55.3 Å². The van der Waals surface area contributed by atoms with E-state index >= 15 is 0 Å². The first-order chi connectivity index (χ1) is 12.5. The number of halogens is 1. The van der Waals surface area contributed by atoms with Crippen molar-refractivity contribution in [2.45, 2.75) is 13.8 Å². The normalized spacial score (nSPS) is 10.4. The Morgan fingerprint density at radius 1 is 1.27 bits per heavy atom. The minimum absolute atomic E-state index is 0.155. The Balaban J connectivity index is 2.07. The summed E-state index contributed by atoms with van der Waals surface area (Å²) in [6.45, 7) is 4.38. The lowest BCUT2D eigenvalue weighted by Crippen LogP contribution is -2.17. The maximum absolute atomic E-state index is 12.1. The fourth-order valence-corrected chi connectivity index (χ4v) is 2.26. The molecule has 0 aliphatic rings. The largest absolute Gasteiger partial charge is 0.490 e. The van der Waals surface area contributed by atoms with Crippen LogP contribution in [0.15, 0.2) is 41.5 Å². The number of nitrogens with one attached hydrogen (secondary N) is 1. The van der Waals surface area contributed by atoms with Crippen molar-refractivity contribution in [1.29, 1.82) is 0 Å². The number of hydrogen-bond donors (Lipinski definition) is 1. The minimum Gasteiger partial charge on any atom is -0.490 e. The summed E-state index contributed by atoms with van der Waals surface area (Å²) in [5.74, 6) is 3.18. The molecule has 0 heterocycles. The molecule has 0 saturated heterocycles. The van der Waals surface area contributed by atoms with Gasteiger partial charge in [-0.15, -0.1) is 6.42 Å². The third-order valence-electron chi connectivity index (χ3n) is 3.39. The summed E-state index contributed by atoms with van der Waals surface area (Å²) in [4.78, 5) is 12.1. The molecule has 0 saturated carbocycles. The second-order valence-electron chi connectivity index (χ2n) is 5.30. The average molecular weight is 371 g/mol. The Bertz CT molecular complexity index is 857. The Morgan fingerprint density at radius 2 is 2.08 bits per heavy atom. The van der Waals surface area contributed by atoms with Gasteiger partial charge in [-0.3, -0.25) is 4.79 Å². The molecule has 0 aliphatic heterocycles. The molecule has 0 aliphatic carbocycles. The van der Waals surface area contributed by atoms with E-state index < -0.39 is 0 Å². The number of terminal acetylenes is 1. The quantitative estimate of drug-likeness (QED) is 0.458. The van der Waals surface area contributed by atoms with Crippen LogP contribution in [0, 0.1) is 19.3 Å². The molecular weight excluding hydrogens is 352 g/mol. The number of hydrogen-bond acceptors (Lipinski definition) is 4. The molecule has 0 bridgehead atoms. The zero-order valence-corrected chi connectivity index (χ0v) is 15.3. The van der Waals surface area contributed by atoms with Crippen molar-refractivity contribution in [2.75, 3.05) is 13.2 Å². The van der Waals surface area contributed by atoms with Gasteiger partial charge in [0.1, 0.15) is 6.61 Å². The van der Waals surface area contributed by atoms with Crippen molar-refractivity contribution < 1.29 is 14.3 Å². The summed E-state index contributed by atoms with van der Waals surface area (Å²) in [6, 6.07) is 10.4. The molecule has 0 atom stereocenters. The zero-order valence-electron chi connectivity index (χ0n) is 14.6. The summed E-state index contributed by atoms with van der Waals surface area (Å²) >= 11 is 6.03. The molecular formula is C20H19ClN2O3. The lowest BCUT2D eigenvalue weighted by molar-refractivity contribution is 0.0955. The van der Waals surface area contributed by atoms with E-state index in [4.69, 9.17) is 27.5 Å². The van der Waals surface area contributed by atoms with Crippen LogP contribution in [-0.4, -0.2) is 25.3 Å². The van der Waals surface area contributed by atoms with Gasteiger partial charge in [0.2, 0.25) is 0 Å². The summed E-state index contributed by atoms with van der Waals surface area (Å²) in [7, 11) is 0. The summed E-state index contributed by atoms with van der Waals surface area (Å²) in [6.07, 6.45) is 6.72. The molecule has 26 heavy (non-hydrogen) atoms. The SMILES string of the molecule is C#CCOc1ccc(/C=N\NC(=O)c2ccc(C)c(Cl)c2)cc1OCC. The molecule has 2 rings (SSSR count). The smallest absolute Gasteiger partial charge is 0.271 e. The number of hydrazone groups is 1. The average Bonchev–Trinajstić information content (AvgIpc) is 2.63. The number of carbonyl (C=O) groups excluding carboxylic acids is 1. The predicted octanol–water partition coefficient (Wildman–Crippen LogP) is 3.82. The monoisotopic (exact) mass is 370 g/mol. The summed E-state index contributed by atoms with van der Waals surface area (Å²) < 4.78 is 11.0. The number of rotatable bonds is 7. The third kappa shape index (κ3) is 5.27. The highest BCUT2D eigenvalue weighted by molar-refractivity contribution is 6.31. The second kappa shape index (κ2) is 9.50. The van der Waals surface area contributed by atoms with E-state index in [1.54, 1.807) is 36.4 Å². The van der Waals surface area contributed by atoms with Crippen molar-refractivity contribution in [3.05, 3.63) is 58.1 Å². The fraction of sp³-hybridized carbons (Fsp3) is 0.200.